The maximum atomic E-state index is 7.73. The molecule has 61 valence electrons. The third-order valence-corrected chi connectivity index (χ3v) is 1.89. The van der Waals surface area contributed by atoms with Crippen molar-refractivity contribution in [3.05, 3.63) is 0 Å². The minimum Gasteiger partial charge on any atom is -0.254 e. The molecular formula is C9H20N. The number of rotatable bonds is 3. The van der Waals surface area contributed by atoms with Crippen molar-refractivity contribution in [1.82, 2.24) is 5.73 Å². The molecule has 1 nitrogen and oxygen atoms in total. The molecule has 1 radical (unpaired) electrons. The first-order valence-electron chi connectivity index (χ1n) is 4.19. The van der Waals surface area contributed by atoms with Gasteiger partial charge in [0, 0.05) is 6.04 Å². The fourth-order valence-electron chi connectivity index (χ4n) is 0.841. The summed E-state index contributed by atoms with van der Waals surface area (Å²) in [6.45, 7) is 8.59. The van der Waals surface area contributed by atoms with Crippen molar-refractivity contribution in [1.29, 1.82) is 0 Å². The first kappa shape index (κ1) is 9.96. The van der Waals surface area contributed by atoms with Gasteiger partial charge in [0.15, 0.2) is 0 Å². The van der Waals surface area contributed by atoms with E-state index < -0.39 is 0 Å². The summed E-state index contributed by atoms with van der Waals surface area (Å²) >= 11 is 0. The molecule has 0 aliphatic heterocycles. The van der Waals surface area contributed by atoms with Gasteiger partial charge in [0.1, 0.15) is 0 Å². The summed E-state index contributed by atoms with van der Waals surface area (Å²) in [5, 5.41) is 0. The van der Waals surface area contributed by atoms with Crippen LogP contribution in [0.4, 0.5) is 0 Å². The monoisotopic (exact) mass is 142 g/mol. The topological polar surface area (TPSA) is 23.8 Å². The van der Waals surface area contributed by atoms with E-state index in [1.54, 1.807) is 0 Å². The summed E-state index contributed by atoms with van der Waals surface area (Å²) < 4.78 is 0. The lowest BCUT2D eigenvalue weighted by Crippen LogP contribution is -2.27. The molecule has 0 aromatic rings. The van der Waals surface area contributed by atoms with Crippen LogP contribution in [0.15, 0.2) is 0 Å². The number of hydrogen-bond acceptors (Lipinski definition) is 0. The Labute approximate surface area is 65.0 Å². The Bertz CT molecular complexity index is 81.2. The highest BCUT2D eigenvalue weighted by Gasteiger charge is 2.19. The molecule has 0 aromatic carbocycles. The van der Waals surface area contributed by atoms with Gasteiger partial charge in [0.2, 0.25) is 0 Å². The molecular weight excluding hydrogens is 122 g/mol. The van der Waals surface area contributed by atoms with E-state index in [2.05, 4.69) is 27.7 Å². The molecule has 0 aliphatic carbocycles. The molecule has 0 fully saturated rings. The van der Waals surface area contributed by atoms with Crippen molar-refractivity contribution in [2.75, 3.05) is 0 Å². The van der Waals surface area contributed by atoms with E-state index in [0.29, 0.717) is 0 Å². The van der Waals surface area contributed by atoms with Gasteiger partial charge in [0.05, 0.1) is 0 Å². The number of hydrogen-bond donors (Lipinski definition) is 0. The fourth-order valence-corrected chi connectivity index (χ4v) is 0.841. The molecule has 0 saturated carbocycles. The van der Waals surface area contributed by atoms with Gasteiger partial charge in [-0.3, -0.25) is 5.73 Å². The van der Waals surface area contributed by atoms with Crippen LogP contribution in [-0.4, -0.2) is 6.04 Å². The van der Waals surface area contributed by atoms with E-state index in [4.69, 9.17) is 5.73 Å². The highest BCUT2D eigenvalue weighted by molar-refractivity contribution is 4.75. The van der Waals surface area contributed by atoms with Crippen molar-refractivity contribution in [2.24, 2.45) is 5.41 Å². The van der Waals surface area contributed by atoms with Crippen LogP contribution in [-0.2, 0) is 0 Å². The minimum atomic E-state index is 0.118. The summed E-state index contributed by atoms with van der Waals surface area (Å²) in [6, 6.07) is 0.118. The third-order valence-electron chi connectivity index (χ3n) is 1.89. The molecule has 1 unspecified atom stereocenters. The Morgan fingerprint density at radius 1 is 1.30 bits per heavy atom. The van der Waals surface area contributed by atoms with Gasteiger partial charge in [-0.2, -0.15) is 0 Å². The van der Waals surface area contributed by atoms with Crippen LogP contribution in [0.1, 0.15) is 47.0 Å². The molecule has 10 heavy (non-hydrogen) atoms. The average molecular weight is 142 g/mol. The summed E-state index contributed by atoms with van der Waals surface area (Å²) in [5.41, 5.74) is 7.90. The largest absolute Gasteiger partial charge is 0.254 e. The minimum absolute atomic E-state index is 0.118. The standard InChI is InChI=1S/C9H20N/c1-5-6-7-8(10)9(2,3)4/h8,10H,5-7H2,1-4H3. The van der Waals surface area contributed by atoms with Crippen molar-refractivity contribution < 1.29 is 0 Å². The molecule has 1 heteroatoms. The van der Waals surface area contributed by atoms with Gasteiger partial charge < -0.3 is 0 Å². The predicted molar refractivity (Wildman–Crippen MR) is 45.9 cm³/mol. The Balaban J connectivity index is 3.52. The molecule has 0 aliphatic rings. The average Bonchev–Trinajstić information content (AvgIpc) is 1.80. The van der Waals surface area contributed by atoms with Crippen molar-refractivity contribution in [2.45, 2.75) is 53.0 Å². The lowest BCUT2D eigenvalue weighted by atomic mass is 9.84. The van der Waals surface area contributed by atoms with Gasteiger partial charge in [-0.25, -0.2) is 0 Å². The van der Waals surface area contributed by atoms with Crippen molar-refractivity contribution in [3.8, 4) is 0 Å². The van der Waals surface area contributed by atoms with Gasteiger partial charge in [-0.15, -0.1) is 0 Å². The lowest BCUT2D eigenvalue weighted by Gasteiger charge is -2.25. The van der Waals surface area contributed by atoms with Crippen LogP contribution in [0, 0.1) is 5.41 Å². The Morgan fingerprint density at radius 2 is 1.80 bits per heavy atom. The summed E-state index contributed by atoms with van der Waals surface area (Å²) in [4.78, 5) is 0. The molecule has 0 amide bonds. The second-order valence-corrected chi connectivity index (χ2v) is 4.06. The zero-order chi connectivity index (χ0) is 8.20. The molecule has 0 aromatic heterocycles. The number of nitrogens with one attached hydrogen (secondary N) is 1. The Kier molecular flexibility index (Phi) is 3.95. The van der Waals surface area contributed by atoms with Crippen LogP contribution in [0.5, 0.6) is 0 Å². The molecule has 1 N–H and O–H groups in total. The van der Waals surface area contributed by atoms with Gasteiger partial charge >= 0.3 is 0 Å². The summed E-state index contributed by atoms with van der Waals surface area (Å²) in [5.74, 6) is 0. The Morgan fingerprint density at radius 3 is 2.10 bits per heavy atom. The smallest absolute Gasteiger partial charge is 0.0261 e. The first-order chi connectivity index (χ1) is 4.48. The fraction of sp³-hybridized carbons (Fsp3) is 1.00. The second-order valence-electron chi connectivity index (χ2n) is 4.06. The van der Waals surface area contributed by atoms with Gasteiger partial charge in [0.25, 0.3) is 0 Å². The molecule has 1 atom stereocenters. The predicted octanol–water partition coefficient (Wildman–Crippen LogP) is 2.87. The summed E-state index contributed by atoms with van der Waals surface area (Å²) in [6.07, 6.45) is 3.47. The third kappa shape index (κ3) is 3.89. The second kappa shape index (κ2) is 3.97. The molecule has 0 spiro atoms. The van der Waals surface area contributed by atoms with Crippen molar-refractivity contribution >= 4 is 0 Å². The van der Waals surface area contributed by atoms with E-state index in [-0.39, 0.29) is 11.5 Å². The highest BCUT2D eigenvalue weighted by Crippen LogP contribution is 2.22. The first-order valence-corrected chi connectivity index (χ1v) is 4.19. The highest BCUT2D eigenvalue weighted by atomic mass is 14.7. The van der Waals surface area contributed by atoms with Crippen LogP contribution in [0.25, 0.3) is 0 Å². The SMILES string of the molecule is CCCCC([NH])C(C)(C)C. The Hall–Kier alpha value is -0.0400. The van der Waals surface area contributed by atoms with E-state index in [9.17, 15) is 0 Å². The zero-order valence-corrected chi connectivity index (χ0v) is 7.70. The van der Waals surface area contributed by atoms with Gasteiger partial charge in [-0.05, 0) is 11.8 Å². The maximum absolute atomic E-state index is 7.73. The lowest BCUT2D eigenvalue weighted by molar-refractivity contribution is 0.293. The molecule has 0 rings (SSSR count). The number of unbranched alkanes of at least 4 members (excludes halogenated alkanes) is 1. The van der Waals surface area contributed by atoms with E-state index >= 15 is 0 Å². The van der Waals surface area contributed by atoms with E-state index in [0.717, 1.165) is 6.42 Å². The van der Waals surface area contributed by atoms with Crippen LogP contribution >= 0.6 is 0 Å². The van der Waals surface area contributed by atoms with Crippen LogP contribution in [0.3, 0.4) is 0 Å². The summed E-state index contributed by atoms with van der Waals surface area (Å²) in [7, 11) is 0. The van der Waals surface area contributed by atoms with Crippen molar-refractivity contribution in [3.63, 3.8) is 0 Å². The zero-order valence-electron chi connectivity index (χ0n) is 7.70. The van der Waals surface area contributed by atoms with Gasteiger partial charge in [-0.1, -0.05) is 40.5 Å². The quantitative estimate of drug-likeness (QED) is 0.578. The van der Waals surface area contributed by atoms with E-state index in [1.807, 2.05) is 0 Å². The van der Waals surface area contributed by atoms with Crippen LogP contribution in [0.2, 0.25) is 0 Å². The molecule has 0 bridgehead atoms. The molecule has 0 heterocycles. The van der Waals surface area contributed by atoms with Crippen LogP contribution < -0.4 is 5.73 Å². The normalized spacial score (nSPS) is 15.3. The maximum Gasteiger partial charge on any atom is 0.0261 e. The van der Waals surface area contributed by atoms with E-state index in [1.165, 1.54) is 12.8 Å². The molecule has 0 saturated heterocycles.